The molecule has 0 spiro atoms. The van der Waals surface area contributed by atoms with Gasteiger partial charge in [0.25, 0.3) is 5.91 Å². The highest BCUT2D eigenvalue weighted by atomic mass is 19.1. The number of hydrogen-bond acceptors (Lipinski definition) is 10. The first-order valence-electron chi connectivity index (χ1n) is 18.8. The van der Waals surface area contributed by atoms with E-state index in [1.807, 2.05) is 44.2 Å². The zero-order chi connectivity index (χ0) is 39.5. The van der Waals surface area contributed by atoms with E-state index >= 15 is 4.39 Å². The Hall–Kier alpha value is -3.46. The maximum absolute atomic E-state index is 15.3. The topological polar surface area (TPSA) is 164 Å². The van der Waals surface area contributed by atoms with E-state index in [0.717, 1.165) is 5.56 Å². The SMILES string of the molecule is CC[C@H](C)[C@@H]([C@@H](CC(=O)[C@@]1([C@H](OC)[C@@H](C)C(=O)N[C@@H](Cc2ccccc2)C(=O)OC)CCCN1)OC)N(C)C(=O)[C@@H](NC(=O)[C@@]1(F)CCNC1)C(C)C. The Bertz CT molecular complexity index is 1380. The minimum atomic E-state index is -2.10. The molecule has 2 aliphatic rings. The first-order valence-corrected chi connectivity index (χ1v) is 18.8. The molecule has 0 aromatic heterocycles. The van der Waals surface area contributed by atoms with Crippen LogP contribution < -0.4 is 21.3 Å². The zero-order valence-corrected chi connectivity index (χ0v) is 33.0. The lowest BCUT2D eigenvalue weighted by molar-refractivity contribution is -0.149. The fraction of sp³-hybridized carbons (Fsp3) is 0.718. The van der Waals surface area contributed by atoms with Gasteiger partial charge >= 0.3 is 5.97 Å². The second kappa shape index (κ2) is 19.7. The van der Waals surface area contributed by atoms with Gasteiger partial charge < -0.3 is 40.4 Å². The largest absolute Gasteiger partial charge is 0.467 e. The molecule has 1 aromatic rings. The number of hydrogen-bond donors (Lipinski definition) is 4. The quantitative estimate of drug-likeness (QED) is 0.146. The Morgan fingerprint density at radius 1 is 0.962 bits per heavy atom. The number of nitrogens with one attached hydrogen (secondary N) is 4. The number of nitrogens with zero attached hydrogens (tertiary/aromatic N) is 1. The highest BCUT2D eigenvalue weighted by Gasteiger charge is 2.53. The minimum absolute atomic E-state index is 0.0229. The van der Waals surface area contributed by atoms with E-state index in [0.29, 0.717) is 32.4 Å². The Balaban J connectivity index is 1.86. The molecule has 3 amide bonds. The van der Waals surface area contributed by atoms with E-state index in [1.54, 1.807) is 27.8 Å². The summed E-state index contributed by atoms with van der Waals surface area (Å²) in [5, 5.41) is 11.7. The first kappa shape index (κ1) is 43.9. The van der Waals surface area contributed by atoms with Crippen LogP contribution in [0.25, 0.3) is 0 Å². The average Bonchev–Trinajstić information content (AvgIpc) is 3.83. The fourth-order valence-corrected chi connectivity index (χ4v) is 7.82. The van der Waals surface area contributed by atoms with Gasteiger partial charge in [-0.25, -0.2) is 9.18 Å². The van der Waals surface area contributed by atoms with Crippen molar-refractivity contribution < 1.29 is 42.6 Å². The minimum Gasteiger partial charge on any atom is -0.467 e. The van der Waals surface area contributed by atoms with Crippen LogP contribution >= 0.6 is 0 Å². The third-order valence-electron chi connectivity index (χ3n) is 11.2. The molecule has 0 bridgehead atoms. The summed E-state index contributed by atoms with van der Waals surface area (Å²) in [6.45, 7) is 9.97. The van der Waals surface area contributed by atoms with Crippen molar-refractivity contribution in [3.8, 4) is 0 Å². The van der Waals surface area contributed by atoms with E-state index in [9.17, 15) is 24.0 Å². The maximum atomic E-state index is 15.3. The highest BCUT2D eigenvalue weighted by molar-refractivity contribution is 5.93. The molecule has 0 unspecified atom stereocenters. The molecule has 14 heteroatoms. The first-order chi connectivity index (χ1) is 25.1. The van der Waals surface area contributed by atoms with Crippen molar-refractivity contribution in [1.82, 2.24) is 26.2 Å². The molecular formula is C39H62FN5O8. The van der Waals surface area contributed by atoms with E-state index in [1.165, 1.54) is 26.2 Å². The van der Waals surface area contributed by atoms with Crippen molar-refractivity contribution >= 4 is 29.5 Å². The lowest BCUT2D eigenvalue weighted by Crippen LogP contribution is -2.63. The molecule has 2 aliphatic heterocycles. The molecule has 0 saturated carbocycles. The number of likely N-dealkylation sites (N-methyl/N-ethyl adjacent to an activating group) is 1. The van der Waals surface area contributed by atoms with Crippen molar-refractivity contribution in [3.05, 3.63) is 35.9 Å². The van der Waals surface area contributed by atoms with Crippen LogP contribution in [-0.4, -0.2) is 124 Å². The van der Waals surface area contributed by atoms with Crippen LogP contribution in [0.15, 0.2) is 30.3 Å². The van der Waals surface area contributed by atoms with Crippen LogP contribution in [-0.2, 0) is 44.6 Å². The van der Waals surface area contributed by atoms with Crippen LogP contribution in [0.3, 0.4) is 0 Å². The average molecular weight is 748 g/mol. The summed E-state index contributed by atoms with van der Waals surface area (Å²) in [4.78, 5) is 69.9. The van der Waals surface area contributed by atoms with Gasteiger partial charge in [-0.2, -0.15) is 0 Å². The summed E-state index contributed by atoms with van der Waals surface area (Å²) < 4.78 is 32.3. The number of Topliss-reactive ketones (excluding diaryl/α,β-unsaturated/α-hetero) is 1. The summed E-state index contributed by atoms with van der Waals surface area (Å²) in [5.41, 5.74) is -2.52. The van der Waals surface area contributed by atoms with Crippen molar-refractivity contribution in [1.29, 1.82) is 0 Å². The van der Waals surface area contributed by atoms with E-state index < -0.39 is 71.1 Å². The predicted octanol–water partition coefficient (Wildman–Crippen LogP) is 2.35. The highest BCUT2D eigenvalue weighted by Crippen LogP contribution is 2.34. The third-order valence-corrected chi connectivity index (χ3v) is 11.2. The van der Waals surface area contributed by atoms with E-state index in [-0.39, 0.29) is 43.4 Å². The van der Waals surface area contributed by atoms with Crippen LogP contribution in [0.4, 0.5) is 4.39 Å². The van der Waals surface area contributed by atoms with Crippen LogP contribution in [0.2, 0.25) is 0 Å². The van der Waals surface area contributed by atoms with Crippen LogP contribution in [0, 0.1) is 17.8 Å². The lowest BCUT2D eigenvalue weighted by atomic mass is 9.76. The number of benzene rings is 1. The fourth-order valence-electron chi connectivity index (χ4n) is 7.82. The van der Waals surface area contributed by atoms with Crippen LogP contribution in [0.5, 0.6) is 0 Å². The Morgan fingerprint density at radius 2 is 1.64 bits per heavy atom. The molecule has 9 atom stereocenters. The summed E-state index contributed by atoms with van der Waals surface area (Å²) in [6.07, 6.45) is 0.160. The molecule has 2 heterocycles. The maximum Gasteiger partial charge on any atom is 0.328 e. The molecule has 4 N–H and O–H groups in total. The number of ketones is 1. The summed E-state index contributed by atoms with van der Waals surface area (Å²) >= 11 is 0. The second-order valence-corrected chi connectivity index (χ2v) is 15.0. The van der Waals surface area contributed by atoms with Gasteiger partial charge in [0.1, 0.15) is 17.6 Å². The summed E-state index contributed by atoms with van der Waals surface area (Å²) in [5.74, 6) is -3.88. The number of halogens is 1. The Morgan fingerprint density at radius 3 is 2.15 bits per heavy atom. The summed E-state index contributed by atoms with van der Waals surface area (Å²) in [6, 6.07) is 6.72. The standard InChI is InChI=1S/C39H62FN5O8/c1-10-25(4)32(45(6)35(48)31(24(2)3)44-37(50)38(40)18-20-41-23-38)29(51-7)22-30(46)39(17-14-19-42-39)33(52-8)26(5)34(47)43-28(36(49)53-9)21-27-15-12-11-13-16-27/h11-13,15-16,24-26,28-29,31-33,41-42H,10,14,17-23H2,1-9H3,(H,43,47)(H,44,50)/t25-,26+,28-,29+,31-,32-,33+,38+,39+/m0/s1. The van der Waals surface area contributed by atoms with Gasteiger partial charge in [0.15, 0.2) is 5.78 Å². The molecule has 53 heavy (non-hydrogen) atoms. The summed E-state index contributed by atoms with van der Waals surface area (Å²) in [7, 11) is 5.84. The van der Waals surface area contributed by atoms with Crippen molar-refractivity contribution in [2.75, 3.05) is 48.0 Å². The van der Waals surface area contributed by atoms with Crippen molar-refractivity contribution in [2.45, 2.75) is 115 Å². The molecule has 0 aliphatic carbocycles. The molecule has 2 fully saturated rings. The number of rotatable bonds is 20. The molecular weight excluding hydrogens is 685 g/mol. The molecule has 298 valence electrons. The van der Waals surface area contributed by atoms with Gasteiger partial charge in [-0.05, 0) is 43.3 Å². The number of carbonyl (C=O) groups excluding carboxylic acids is 5. The lowest BCUT2D eigenvalue weighted by Gasteiger charge is -2.42. The molecule has 1 aromatic carbocycles. The number of ether oxygens (including phenoxy) is 3. The zero-order valence-electron chi connectivity index (χ0n) is 33.0. The van der Waals surface area contributed by atoms with Gasteiger partial charge in [-0.15, -0.1) is 0 Å². The van der Waals surface area contributed by atoms with Crippen LogP contribution in [0.1, 0.15) is 72.3 Å². The van der Waals surface area contributed by atoms with Gasteiger partial charge in [0, 0.05) is 47.1 Å². The Labute approximate surface area is 314 Å². The van der Waals surface area contributed by atoms with E-state index in [2.05, 4.69) is 21.3 Å². The Kier molecular flexibility index (Phi) is 16.4. The van der Waals surface area contributed by atoms with E-state index in [4.69, 9.17) is 14.2 Å². The van der Waals surface area contributed by atoms with Gasteiger partial charge in [0.05, 0.1) is 31.3 Å². The normalized spacial score (nSPS) is 24.0. The number of methoxy groups -OCH3 is 3. The molecule has 0 radical (unpaired) electrons. The van der Waals surface area contributed by atoms with Gasteiger partial charge in [-0.3, -0.25) is 19.2 Å². The molecule has 2 saturated heterocycles. The van der Waals surface area contributed by atoms with Gasteiger partial charge in [-0.1, -0.05) is 71.4 Å². The van der Waals surface area contributed by atoms with Crippen molar-refractivity contribution in [2.24, 2.45) is 17.8 Å². The number of amides is 3. The molecule has 13 nitrogen and oxygen atoms in total. The monoisotopic (exact) mass is 747 g/mol. The molecule has 3 rings (SSSR count). The van der Waals surface area contributed by atoms with Gasteiger partial charge in [0.2, 0.25) is 17.5 Å². The number of alkyl halides is 1. The third kappa shape index (κ3) is 10.4. The second-order valence-electron chi connectivity index (χ2n) is 15.0. The smallest absolute Gasteiger partial charge is 0.328 e. The number of esters is 1. The predicted molar refractivity (Wildman–Crippen MR) is 199 cm³/mol. The number of carbonyl (C=O) groups is 5. The van der Waals surface area contributed by atoms with Crippen molar-refractivity contribution in [3.63, 3.8) is 0 Å².